The number of nitrogens with one attached hydrogen (secondary N) is 2. The fourth-order valence-electron chi connectivity index (χ4n) is 3.95. The monoisotopic (exact) mass is 511 g/mol. The van der Waals surface area contributed by atoms with Crippen molar-refractivity contribution in [1.29, 1.82) is 0 Å². The number of rotatable bonds is 9. The first-order valence-electron chi connectivity index (χ1n) is 12.7. The third-order valence-electron chi connectivity index (χ3n) is 6.09. The summed E-state index contributed by atoms with van der Waals surface area (Å²) in [5.41, 5.74) is 1.02. The number of ether oxygens (including phenoxy) is 1. The van der Waals surface area contributed by atoms with Crippen LogP contribution >= 0.6 is 0 Å². The lowest BCUT2D eigenvalue weighted by molar-refractivity contribution is -0.144. The van der Waals surface area contributed by atoms with E-state index in [1.54, 1.807) is 45.0 Å². The quantitative estimate of drug-likeness (QED) is 0.409. The van der Waals surface area contributed by atoms with E-state index in [9.17, 15) is 19.5 Å². The Balaban J connectivity index is 2.58. The number of hydrogen-bond donors (Lipinski definition) is 3. The average Bonchev–Trinajstić information content (AvgIpc) is 2.81. The highest BCUT2D eigenvalue weighted by Gasteiger charge is 2.40. The number of hydrogen-bond acceptors (Lipinski definition) is 5. The number of phenols is 1. The van der Waals surface area contributed by atoms with E-state index in [0.29, 0.717) is 17.7 Å². The Morgan fingerprint density at radius 1 is 1.00 bits per heavy atom. The molecule has 3 N–H and O–H groups in total. The van der Waals surface area contributed by atoms with E-state index in [1.807, 2.05) is 52.8 Å². The molecule has 3 atom stereocenters. The maximum Gasteiger partial charge on any atom is 0.408 e. The van der Waals surface area contributed by atoms with Crippen LogP contribution in [0.25, 0.3) is 0 Å². The molecule has 37 heavy (non-hydrogen) atoms. The number of para-hydroxylation sites is 2. The average molecular weight is 512 g/mol. The summed E-state index contributed by atoms with van der Waals surface area (Å²) in [4.78, 5) is 42.1. The fraction of sp³-hybridized carbons (Fsp3) is 0.483. The van der Waals surface area contributed by atoms with Crippen molar-refractivity contribution < 1.29 is 24.2 Å². The summed E-state index contributed by atoms with van der Waals surface area (Å²) >= 11 is 0. The second-order valence-electron chi connectivity index (χ2n) is 10.6. The van der Waals surface area contributed by atoms with Gasteiger partial charge in [-0.15, -0.1) is 0 Å². The molecule has 3 unspecified atom stereocenters. The van der Waals surface area contributed by atoms with Gasteiger partial charge >= 0.3 is 6.09 Å². The largest absolute Gasteiger partial charge is 0.508 e. The highest BCUT2D eigenvalue weighted by Crippen LogP contribution is 2.33. The van der Waals surface area contributed by atoms with E-state index in [2.05, 4.69) is 10.6 Å². The van der Waals surface area contributed by atoms with Crippen LogP contribution in [0.4, 0.5) is 10.5 Å². The SMILES string of the molecule is CCC(C)N(C(=O)C(NC(=O)OC(C)(C)C)C(C)C)C(C(=O)Nc1ccccc1C)c1ccccc1O. The van der Waals surface area contributed by atoms with Gasteiger partial charge < -0.3 is 25.4 Å². The van der Waals surface area contributed by atoms with Gasteiger partial charge in [0.15, 0.2) is 0 Å². The van der Waals surface area contributed by atoms with E-state index in [4.69, 9.17) is 4.74 Å². The molecule has 0 spiro atoms. The molecule has 0 aliphatic rings. The van der Waals surface area contributed by atoms with Crippen LogP contribution in [0.15, 0.2) is 48.5 Å². The third kappa shape index (κ3) is 7.97. The molecule has 0 saturated heterocycles. The van der Waals surface area contributed by atoms with Gasteiger partial charge in [0.25, 0.3) is 5.91 Å². The Hall–Kier alpha value is -3.55. The fourth-order valence-corrected chi connectivity index (χ4v) is 3.95. The minimum atomic E-state index is -1.15. The van der Waals surface area contributed by atoms with E-state index in [-0.39, 0.29) is 17.7 Å². The molecule has 2 aromatic rings. The van der Waals surface area contributed by atoms with E-state index in [0.717, 1.165) is 5.56 Å². The molecule has 0 fully saturated rings. The molecule has 2 rings (SSSR count). The molecular formula is C29H41N3O5. The van der Waals surface area contributed by atoms with Crippen LogP contribution in [0.2, 0.25) is 0 Å². The van der Waals surface area contributed by atoms with Crippen LogP contribution in [-0.4, -0.2) is 45.6 Å². The number of carbonyl (C=O) groups is 3. The molecule has 0 aromatic heterocycles. The summed E-state index contributed by atoms with van der Waals surface area (Å²) < 4.78 is 5.40. The van der Waals surface area contributed by atoms with Crippen molar-refractivity contribution in [3.63, 3.8) is 0 Å². The molecule has 0 bridgehead atoms. The molecule has 3 amide bonds. The van der Waals surface area contributed by atoms with Gasteiger partial charge in [0.2, 0.25) is 5.91 Å². The predicted octanol–water partition coefficient (Wildman–Crippen LogP) is 5.56. The zero-order valence-electron chi connectivity index (χ0n) is 23.2. The summed E-state index contributed by atoms with van der Waals surface area (Å²) in [6, 6.07) is 11.3. The van der Waals surface area contributed by atoms with Gasteiger partial charge in [0, 0.05) is 17.3 Å². The first kappa shape index (κ1) is 29.7. The van der Waals surface area contributed by atoms with E-state index >= 15 is 0 Å². The van der Waals surface area contributed by atoms with Crippen molar-refractivity contribution >= 4 is 23.6 Å². The molecule has 8 nitrogen and oxygen atoms in total. The van der Waals surface area contributed by atoms with Crippen molar-refractivity contribution in [2.24, 2.45) is 5.92 Å². The van der Waals surface area contributed by atoms with Crippen molar-refractivity contribution in [2.75, 3.05) is 5.32 Å². The number of benzene rings is 2. The normalized spacial score (nSPS) is 13.9. The zero-order valence-corrected chi connectivity index (χ0v) is 23.2. The minimum absolute atomic E-state index is 0.102. The summed E-state index contributed by atoms with van der Waals surface area (Å²) in [7, 11) is 0. The smallest absolute Gasteiger partial charge is 0.408 e. The maximum absolute atomic E-state index is 14.1. The van der Waals surface area contributed by atoms with Crippen molar-refractivity contribution in [3.8, 4) is 5.75 Å². The standard InChI is InChI=1S/C29H41N3O5/c1-9-20(5)32(27(35)24(18(2)3)31-28(36)37-29(6,7)8)25(21-15-11-13-17-23(21)33)26(34)30-22-16-12-10-14-19(22)4/h10-18,20,24-25,33H,9H2,1-8H3,(H,30,34)(H,31,36). The molecule has 0 aliphatic heterocycles. The molecule has 8 heteroatoms. The predicted molar refractivity (Wildman–Crippen MR) is 145 cm³/mol. The summed E-state index contributed by atoms with van der Waals surface area (Å²) in [6.07, 6.45) is -0.169. The molecule has 0 radical (unpaired) electrons. The van der Waals surface area contributed by atoms with Crippen LogP contribution in [0.5, 0.6) is 5.75 Å². The van der Waals surface area contributed by atoms with Gasteiger partial charge in [-0.05, 0) is 64.7 Å². The summed E-state index contributed by atoms with van der Waals surface area (Å²) in [6.45, 7) is 14.5. The first-order chi connectivity index (χ1) is 17.3. The number of phenolic OH excluding ortho intramolecular Hbond substituents is 1. The second kappa shape index (κ2) is 12.6. The van der Waals surface area contributed by atoms with Crippen molar-refractivity contribution in [1.82, 2.24) is 10.2 Å². The van der Waals surface area contributed by atoms with Gasteiger partial charge in [-0.2, -0.15) is 0 Å². The van der Waals surface area contributed by atoms with Crippen LogP contribution in [-0.2, 0) is 14.3 Å². The Kier molecular flexibility index (Phi) is 10.1. The molecular weight excluding hydrogens is 470 g/mol. The van der Waals surface area contributed by atoms with Gasteiger partial charge in [-0.25, -0.2) is 4.79 Å². The minimum Gasteiger partial charge on any atom is -0.508 e. The van der Waals surface area contributed by atoms with Gasteiger partial charge in [-0.1, -0.05) is 57.2 Å². The summed E-state index contributed by atoms with van der Waals surface area (Å²) in [5.74, 6) is -1.31. The first-order valence-corrected chi connectivity index (χ1v) is 12.7. The number of aryl methyl sites for hydroxylation is 1. The molecule has 0 aliphatic carbocycles. The lowest BCUT2D eigenvalue weighted by atomic mass is 9.96. The molecule has 0 heterocycles. The van der Waals surface area contributed by atoms with E-state index in [1.165, 1.54) is 11.0 Å². The number of aromatic hydroxyl groups is 1. The van der Waals surface area contributed by atoms with E-state index < -0.39 is 35.6 Å². The topological polar surface area (TPSA) is 108 Å². The lowest BCUT2D eigenvalue weighted by Crippen LogP contribution is -2.56. The highest BCUT2D eigenvalue weighted by molar-refractivity contribution is 6.00. The second-order valence-corrected chi connectivity index (χ2v) is 10.6. The van der Waals surface area contributed by atoms with Crippen LogP contribution in [0.1, 0.15) is 72.1 Å². The molecule has 202 valence electrons. The van der Waals surface area contributed by atoms with Crippen molar-refractivity contribution in [3.05, 3.63) is 59.7 Å². The Morgan fingerprint density at radius 3 is 2.14 bits per heavy atom. The van der Waals surface area contributed by atoms with Crippen LogP contribution in [0, 0.1) is 12.8 Å². The molecule has 0 saturated carbocycles. The number of alkyl carbamates (subject to hydrolysis) is 1. The van der Waals surface area contributed by atoms with Gasteiger partial charge in [0.05, 0.1) is 0 Å². The van der Waals surface area contributed by atoms with Gasteiger partial charge in [-0.3, -0.25) is 9.59 Å². The maximum atomic E-state index is 14.1. The Morgan fingerprint density at radius 2 is 1.59 bits per heavy atom. The number of anilines is 1. The number of carbonyl (C=O) groups excluding carboxylic acids is 3. The van der Waals surface area contributed by atoms with Crippen molar-refractivity contribution in [2.45, 2.75) is 85.5 Å². The third-order valence-corrected chi connectivity index (χ3v) is 6.09. The van der Waals surface area contributed by atoms with Crippen LogP contribution < -0.4 is 10.6 Å². The number of amides is 3. The zero-order chi connectivity index (χ0) is 27.9. The Labute approximate surface area is 220 Å². The van der Waals surface area contributed by atoms with Gasteiger partial charge in [0.1, 0.15) is 23.4 Å². The lowest BCUT2D eigenvalue weighted by Gasteiger charge is -2.39. The molecule has 2 aromatic carbocycles. The summed E-state index contributed by atoms with van der Waals surface area (Å²) in [5, 5.41) is 16.4. The number of nitrogens with zero attached hydrogens (tertiary/aromatic N) is 1. The van der Waals surface area contributed by atoms with Crippen LogP contribution in [0.3, 0.4) is 0 Å². The highest BCUT2D eigenvalue weighted by atomic mass is 16.6. The Bertz CT molecular complexity index is 1090.